The van der Waals surface area contributed by atoms with E-state index in [1.165, 1.54) is 35.7 Å². The van der Waals surface area contributed by atoms with Crippen molar-refractivity contribution in [2.75, 3.05) is 0 Å². The van der Waals surface area contributed by atoms with Gasteiger partial charge < -0.3 is 9.80 Å². The van der Waals surface area contributed by atoms with Crippen molar-refractivity contribution in [1.82, 2.24) is 9.80 Å². The van der Waals surface area contributed by atoms with Gasteiger partial charge in [-0.05, 0) is 75.1 Å². The summed E-state index contributed by atoms with van der Waals surface area (Å²) in [6.45, 7) is 8.23. The van der Waals surface area contributed by atoms with Crippen LogP contribution in [0, 0.1) is 0 Å². The molecule has 2 atom stereocenters. The Balaban J connectivity index is 0.000000204. The Morgan fingerprint density at radius 1 is 0.705 bits per heavy atom. The van der Waals surface area contributed by atoms with E-state index in [9.17, 15) is 24.0 Å². The molecule has 2 aliphatic heterocycles. The number of nitrogens with zero attached hydrogens (tertiary/aromatic N) is 2. The summed E-state index contributed by atoms with van der Waals surface area (Å²) in [5.41, 5.74) is 6.97. The van der Waals surface area contributed by atoms with Crippen LogP contribution in [0.2, 0.25) is 0 Å². The number of hydrogen-bond donors (Lipinski definition) is 0. The van der Waals surface area contributed by atoms with Gasteiger partial charge in [-0.3, -0.25) is 24.0 Å². The van der Waals surface area contributed by atoms with E-state index in [0.717, 1.165) is 31.4 Å². The highest BCUT2D eigenvalue weighted by Crippen LogP contribution is 2.43. The molecule has 1 amide bonds. The summed E-state index contributed by atoms with van der Waals surface area (Å²) in [6.07, 6.45) is 7.41. The van der Waals surface area contributed by atoms with E-state index in [1.54, 1.807) is 17.9 Å². The van der Waals surface area contributed by atoms with E-state index in [-0.39, 0.29) is 35.1 Å². The molecule has 2 unspecified atom stereocenters. The maximum atomic E-state index is 12.4. The van der Waals surface area contributed by atoms with Gasteiger partial charge in [0, 0.05) is 55.6 Å². The normalized spacial score (nSPS) is 16.4. The molecule has 2 aromatic rings. The molecule has 3 aliphatic rings. The molecule has 1 aliphatic carbocycles. The van der Waals surface area contributed by atoms with E-state index in [2.05, 4.69) is 29.2 Å². The van der Waals surface area contributed by atoms with Gasteiger partial charge >= 0.3 is 0 Å². The summed E-state index contributed by atoms with van der Waals surface area (Å²) in [7, 11) is 0. The first-order chi connectivity index (χ1) is 21.2. The van der Waals surface area contributed by atoms with Gasteiger partial charge in [0.05, 0.1) is 12.1 Å². The van der Waals surface area contributed by atoms with Gasteiger partial charge in [-0.1, -0.05) is 56.3 Å². The smallest absolute Gasteiger partial charge is 0.255 e. The Labute approximate surface area is 261 Å². The molecule has 7 nitrogen and oxygen atoms in total. The quantitative estimate of drug-likeness (QED) is 0.250. The predicted molar refractivity (Wildman–Crippen MR) is 172 cm³/mol. The summed E-state index contributed by atoms with van der Waals surface area (Å²) in [4.78, 5) is 63.8. The molecule has 5 rings (SSSR count). The molecule has 1 saturated carbocycles. The molecule has 0 N–H and O–H groups in total. The Hall–Kier alpha value is -3.87. The number of hydrogen-bond acceptors (Lipinski definition) is 6. The number of rotatable bonds is 13. The summed E-state index contributed by atoms with van der Waals surface area (Å²) < 4.78 is 0. The minimum absolute atomic E-state index is 0.0601. The minimum atomic E-state index is -0.495. The van der Waals surface area contributed by atoms with Crippen LogP contribution in [-0.4, -0.2) is 50.9 Å². The van der Waals surface area contributed by atoms with Crippen LogP contribution in [0.15, 0.2) is 54.1 Å². The van der Waals surface area contributed by atoms with Gasteiger partial charge in [-0.2, -0.15) is 0 Å². The maximum Gasteiger partial charge on any atom is 0.255 e. The Kier molecular flexibility index (Phi) is 11.4. The fraction of sp³-hybridized carbons (Fsp3) is 0.486. The molecule has 44 heavy (non-hydrogen) atoms. The summed E-state index contributed by atoms with van der Waals surface area (Å²) >= 11 is 0. The number of Topliss-reactive ketones (excluding diaryl/α,β-unsaturated/α-hetero) is 4. The molecule has 2 aromatic carbocycles. The lowest BCUT2D eigenvalue weighted by Crippen LogP contribution is -2.40. The number of ketones is 4. The van der Waals surface area contributed by atoms with E-state index >= 15 is 0 Å². The minimum Gasteiger partial charge on any atom is -0.357 e. The largest absolute Gasteiger partial charge is 0.357 e. The zero-order chi connectivity index (χ0) is 31.8. The first kappa shape index (κ1) is 33.0. The lowest BCUT2D eigenvalue weighted by molar-refractivity contribution is -0.124. The number of amides is 1. The highest BCUT2D eigenvalue weighted by molar-refractivity contribution is 6.01. The average molecular weight is 599 g/mol. The predicted octanol–water partition coefficient (Wildman–Crippen LogP) is 6.86. The van der Waals surface area contributed by atoms with Gasteiger partial charge in [-0.15, -0.1) is 0 Å². The summed E-state index contributed by atoms with van der Waals surface area (Å²) in [5.74, 6) is 0.406. The lowest BCUT2D eigenvalue weighted by atomic mass is 9.87. The topological polar surface area (TPSA) is 91.8 Å². The molecular formula is C37H46N2O5. The highest BCUT2D eigenvalue weighted by Gasteiger charge is 2.36. The zero-order valence-corrected chi connectivity index (χ0v) is 26.7. The van der Waals surface area contributed by atoms with Crippen LogP contribution in [0.3, 0.4) is 0 Å². The first-order valence-corrected chi connectivity index (χ1v) is 16.2. The second kappa shape index (κ2) is 15.2. The van der Waals surface area contributed by atoms with E-state index in [4.69, 9.17) is 0 Å². The van der Waals surface area contributed by atoms with Crippen LogP contribution < -0.4 is 0 Å². The Morgan fingerprint density at radius 2 is 1.23 bits per heavy atom. The average Bonchev–Trinajstić information content (AvgIpc) is 3.50. The van der Waals surface area contributed by atoms with Crippen LogP contribution in [-0.2, 0) is 32.3 Å². The van der Waals surface area contributed by atoms with Crippen LogP contribution in [0.1, 0.15) is 119 Å². The molecule has 7 heteroatoms. The SMILES string of the molecule is CCC(=O)CCC(C(C)=O)N1Cc2ccccc2C1=O.CCCC(=O)CCC(C(C)=O)N1Cc2ccccc2C1=C1CCC1. The molecule has 0 bridgehead atoms. The maximum absolute atomic E-state index is 12.4. The molecule has 0 saturated heterocycles. The lowest BCUT2D eigenvalue weighted by Gasteiger charge is -2.33. The van der Waals surface area contributed by atoms with Gasteiger partial charge in [0.2, 0.25) is 0 Å². The van der Waals surface area contributed by atoms with Crippen LogP contribution >= 0.6 is 0 Å². The third-order valence-corrected chi connectivity index (χ3v) is 9.05. The van der Waals surface area contributed by atoms with Gasteiger partial charge in [0.25, 0.3) is 5.91 Å². The van der Waals surface area contributed by atoms with Crippen molar-refractivity contribution in [2.24, 2.45) is 0 Å². The van der Waals surface area contributed by atoms with E-state index < -0.39 is 6.04 Å². The second-order valence-corrected chi connectivity index (χ2v) is 12.2. The molecular weight excluding hydrogens is 552 g/mol. The molecule has 1 fully saturated rings. The van der Waals surface area contributed by atoms with Crippen LogP contribution in [0.5, 0.6) is 0 Å². The van der Waals surface area contributed by atoms with Crippen molar-refractivity contribution in [3.05, 3.63) is 76.4 Å². The number of allylic oxidation sites excluding steroid dienone is 1. The van der Waals surface area contributed by atoms with Crippen molar-refractivity contribution in [1.29, 1.82) is 0 Å². The number of carbonyl (C=O) groups is 5. The second-order valence-electron chi connectivity index (χ2n) is 12.2. The van der Waals surface area contributed by atoms with Crippen molar-refractivity contribution < 1.29 is 24.0 Å². The monoisotopic (exact) mass is 598 g/mol. The van der Waals surface area contributed by atoms with Crippen molar-refractivity contribution in [2.45, 2.75) is 117 Å². The van der Waals surface area contributed by atoms with E-state index in [0.29, 0.717) is 50.6 Å². The van der Waals surface area contributed by atoms with Crippen LogP contribution in [0.4, 0.5) is 0 Å². The molecule has 0 aromatic heterocycles. The third-order valence-electron chi connectivity index (χ3n) is 9.05. The first-order valence-electron chi connectivity index (χ1n) is 16.2. The summed E-state index contributed by atoms with van der Waals surface area (Å²) in [5, 5.41) is 0. The van der Waals surface area contributed by atoms with E-state index in [1.807, 2.05) is 32.0 Å². The standard InChI is InChI=1S/C21H27NO2.C16H19NO3/c1-3-7-18(24)12-13-20(15(2)23)22-14-17-8-4-5-11-19(17)21(22)16-9-6-10-16;1-3-13(19)8-9-15(11(2)18)17-10-12-6-4-5-7-14(12)16(17)20/h4-5,8,11,20H,3,6-7,9-10,12-14H2,1-2H3;4-7,15H,3,8-10H2,1-2H3. The van der Waals surface area contributed by atoms with Gasteiger partial charge in [0.15, 0.2) is 11.6 Å². The zero-order valence-electron chi connectivity index (χ0n) is 26.7. The number of fused-ring (bicyclic) bond motifs is 2. The van der Waals surface area contributed by atoms with Gasteiger partial charge in [-0.25, -0.2) is 0 Å². The van der Waals surface area contributed by atoms with Gasteiger partial charge in [0.1, 0.15) is 11.6 Å². The Bertz CT molecular complexity index is 1430. The molecule has 234 valence electrons. The molecule has 2 heterocycles. The fourth-order valence-electron chi connectivity index (χ4n) is 6.42. The van der Waals surface area contributed by atoms with Crippen molar-refractivity contribution >= 4 is 34.7 Å². The molecule has 0 radical (unpaired) electrons. The van der Waals surface area contributed by atoms with Crippen LogP contribution in [0.25, 0.3) is 5.70 Å². The number of benzene rings is 2. The Morgan fingerprint density at radius 3 is 1.75 bits per heavy atom. The number of carbonyl (C=O) groups excluding carboxylic acids is 5. The highest BCUT2D eigenvalue weighted by atomic mass is 16.2. The van der Waals surface area contributed by atoms with Crippen molar-refractivity contribution in [3.63, 3.8) is 0 Å². The molecule has 0 spiro atoms. The summed E-state index contributed by atoms with van der Waals surface area (Å²) in [6, 6.07) is 15.2. The van der Waals surface area contributed by atoms with Crippen molar-refractivity contribution in [3.8, 4) is 0 Å². The fourth-order valence-corrected chi connectivity index (χ4v) is 6.42. The third kappa shape index (κ3) is 7.61.